The van der Waals surface area contributed by atoms with Crippen LogP contribution in [0.5, 0.6) is 0 Å². The van der Waals surface area contributed by atoms with Crippen LogP contribution in [0.3, 0.4) is 0 Å². The summed E-state index contributed by atoms with van der Waals surface area (Å²) in [7, 11) is 0. The minimum absolute atomic E-state index is 0.436. The maximum atomic E-state index is 6.62. The largest absolute Gasteiger partial charge is 0.456 e. The lowest BCUT2D eigenvalue weighted by molar-refractivity contribution is 0.669. The Bertz CT molecular complexity index is 3160. The monoisotopic (exact) mass is 703 g/mol. The average Bonchev–Trinajstić information content (AvgIpc) is 3.62. The van der Waals surface area contributed by atoms with Crippen molar-refractivity contribution in [2.24, 2.45) is 9.98 Å². The molecule has 258 valence electrons. The summed E-state index contributed by atoms with van der Waals surface area (Å²) in [5, 5.41) is 12.9. The van der Waals surface area contributed by atoms with Gasteiger partial charge in [-0.2, -0.15) is 0 Å². The van der Waals surface area contributed by atoms with E-state index in [-0.39, 0.29) is 0 Å². The van der Waals surface area contributed by atoms with Crippen LogP contribution in [0.2, 0.25) is 0 Å². The van der Waals surface area contributed by atoms with Gasteiger partial charge in [-0.1, -0.05) is 164 Å². The molecule has 1 N–H and O–H groups in total. The summed E-state index contributed by atoms with van der Waals surface area (Å²) in [6.07, 6.45) is -0.436. The SMILES string of the molecule is c1ccc(C2=NC(c3ccc(-c4c(-c5cccc6ccccc56)ccc5oc6cc7ccccc7cc6c45)cc3)N=C(c3cccc4ccccc34)N2)cc1. The van der Waals surface area contributed by atoms with Crippen molar-refractivity contribution in [1.82, 2.24) is 5.32 Å². The molecule has 0 bridgehead atoms. The first kappa shape index (κ1) is 31.2. The van der Waals surface area contributed by atoms with Crippen LogP contribution in [0.25, 0.3) is 76.5 Å². The summed E-state index contributed by atoms with van der Waals surface area (Å²) in [6.45, 7) is 0. The lowest BCUT2D eigenvalue weighted by Gasteiger charge is -2.23. The van der Waals surface area contributed by atoms with Crippen LogP contribution < -0.4 is 5.32 Å². The number of fused-ring (bicyclic) bond motifs is 6. The molecule has 1 atom stereocenters. The molecule has 1 aliphatic heterocycles. The van der Waals surface area contributed by atoms with E-state index in [4.69, 9.17) is 14.4 Å². The van der Waals surface area contributed by atoms with E-state index in [1.54, 1.807) is 0 Å². The first-order chi connectivity index (χ1) is 27.2. The van der Waals surface area contributed by atoms with Crippen LogP contribution >= 0.6 is 0 Å². The highest BCUT2D eigenvalue weighted by Crippen LogP contribution is 2.45. The highest BCUT2D eigenvalue weighted by atomic mass is 16.3. The quantitative estimate of drug-likeness (QED) is 0.194. The number of amidine groups is 2. The Morgan fingerprint density at radius 3 is 1.75 bits per heavy atom. The number of hydrogen-bond donors (Lipinski definition) is 1. The van der Waals surface area contributed by atoms with Crippen molar-refractivity contribution in [3.8, 4) is 22.3 Å². The molecule has 10 aromatic rings. The van der Waals surface area contributed by atoms with Gasteiger partial charge < -0.3 is 9.73 Å². The molecule has 0 saturated heterocycles. The van der Waals surface area contributed by atoms with Crippen molar-refractivity contribution < 1.29 is 4.42 Å². The van der Waals surface area contributed by atoms with Crippen molar-refractivity contribution in [2.45, 2.75) is 6.17 Å². The molecule has 55 heavy (non-hydrogen) atoms. The maximum absolute atomic E-state index is 6.62. The van der Waals surface area contributed by atoms with E-state index in [9.17, 15) is 0 Å². The zero-order valence-corrected chi connectivity index (χ0v) is 29.8. The van der Waals surface area contributed by atoms with Crippen molar-refractivity contribution in [1.29, 1.82) is 0 Å². The van der Waals surface area contributed by atoms with E-state index in [0.717, 1.165) is 77.8 Å². The molecule has 1 aliphatic rings. The number of furan rings is 1. The summed E-state index contributed by atoms with van der Waals surface area (Å²) in [6, 6.07) is 66.4. The second kappa shape index (κ2) is 12.7. The Balaban J connectivity index is 1.10. The van der Waals surface area contributed by atoms with Gasteiger partial charge >= 0.3 is 0 Å². The Labute approximate surface area is 317 Å². The molecule has 0 radical (unpaired) electrons. The molecule has 11 rings (SSSR count). The van der Waals surface area contributed by atoms with E-state index in [1.165, 1.54) is 27.1 Å². The number of hydrogen-bond acceptors (Lipinski definition) is 4. The predicted octanol–water partition coefficient (Wildman–Crippen LogP) is 12.9. The summed E-state index contributed by atoms with van der Waals surface area (Å²) < 4.78 is 6.62. The Morgan fingerprint density at radius 2 is 1.00 bits per heavy atom. The molecule has 0 saturated carbocycles. The van der Waals surface area contributed by atoms with E-state index in [2.05, 4.69) is 175 Å². The van der Waals surface area contributed by atoms with Gasteiger partial charge in [0.25, 0.3) is 0 Å². The Kier molecular flexibility index (Phi) is 7.20. The number of rotatable bonds is 5. The first-order valence-electron chi connectivity index (χ1n) is 18.7. The topological polar surface area (TPSA) is 49.9 Å². The fraction of sp³-hybridized carbons (Fsp3) is 0.0196. The van der Waals surface area contributed by atoms with E-state index in [0.29, 0.717) is 0 Å². The van der Waals surface area contributed by atoms with Crippen LogP contribution in [0.4, 0.5) is 0 Å². The fourth-order valence-corrected chi connectivity index (χ4v) is 8.27. The standard InChI is InChI=1S/C51H33N3O/c1-2-14-35(15-3-1)49-52-50(54-51(53-49)43-23-11-19-33-13-7-9-21-40(33)43)36-26-24-34(25-27-36)47-42(41-22-10-18-32-12-6-8-20-39(32)41)28-29-45-48(47)44-30-37-16-4-5-17-38(37)31-46(44)55-45/h1-31,50H,(H,52,53,54). The van der Waals surface area contributed by atoms with Crippen molar-refractivity contribution >= 4 is 65.9 Å². The predicted molar refractivity (Wildman–Crippen MR) is 229 cm³/mol. The Hall–Kier alpha value is -7.30. The molecular formula is C51H33N3O. The van der Waals surface area contributed by atoms with Gasteiger partial charge in [0.2, 0.25) is 0 Å². The zero-order valence-electron chi connectivity index (χ0n) is 29.8. The smallest absolute Gasteiger partial charge is 0.169 e. The number of aliphatic imine (C=N–C) groups is 2. The van der Waals surface area contributed by atoms with Crippen molar-refractivity contribution in [3.63, 3.8) is 0 Å². The Morgan fingerprint density at radius 1 is 0.400 bits per heavy atom. The van der Waals surface area contributed by atoms with Crippen molar-refractivity contribution in [3.05, 3.63) is 205 Å². The average molecular weight is 704 g/mol. The second-order valence-corrected chi connectivity index (χ2v) is 14.2. The molecule has 1 unspecified atom stereocenters. The van der Waals surface area contributed by atoms with Gasteiger partial charge in [-0.25, -0.2) is 9.98 Å². The van der Waals surface area contributed by atoms with E-state index in [1.807, 2.05) is 18.2 Å². The molecule has 9 aromatic carbocycles. The molecule has 0 amide bonds. The van der Waals surface area contributed by atoms with Crippen LogP contribution in [0.1, 0.15) is 22.9 Å². The maximum Gasteiger partial charge on any atom is 0.169 e. The van der Waals surface area contributed by atoms with Gasteiger partial charge in [-0.3, -0.25) is 0 Å². The number of nitrogens with zero attached hydrogens (tertiary/aromatic N) is 2. The van der Waals surface area contributed by atoms with Crippen LogP contribution in [-0.4, -0.2) is 11.7 Å². The van der Waals surface area contributed by atoms with Gasteiger partial charge in [-0.15, -0.1) is 0 Å². The summed E-state index contributed by atoms with van der Waals surface area (Å²) in [4.78, 5) is 10.5. The lowest BCUT2D eigenvalue weighted by Crippen LogP contribution is -2.36. The number of benzene rings is 9. The minimum Gasteiger partial charge on any atom is -0.456 e. The third-order valence-corrected chi connectivity index (χ3v) is 10.9. The summed E-state index contributed by atoms with van der Waals surface area (Å²) in [5.74, 6) is 1.60. The first-order valence-corrected chi connectivity index (χ1v) is 18.7. The highest BCUT2D eigenvalue weighted by Gasteiger charge is 2.23. The molecular weight excluding hydrogens is 671 g/mol. The van der Waals surface area contributed by atoms with Crippen LogP contribution in [0, 0.1) is 0 Å². The zero-order chi connectivity index (χ0) is 36.3. The molecule has 2 heterocycles. The number of nitrogens with one attached hydrogen (secondary N) is 1. The van der Waals surface area contributed by atoms with Gasteiger partial charge in [-0.05, 0) is 78.8 Å². The van der Waals surface area contributed by atoms with E-state index < -0.39 is 6.17 Å². The molecule has 1 aromatic heterocycles. The highest BCUT2D eigenvalue weighted by molar-refractivity contribution is 6.21. The van der Waals surface area contributed by atoms with Gasteiger partial charge in [0.15, 0.2) is 6.17 Å². The molecule has 4 nitrogen and oxygen atoms in total. The lowest BCUT2D eigenvalue weighted by atomic mass is 9.88. The van der Waals surface area contributed by atoms with Gasteiger partial charge in [0.05, 0.1) is 0 Å². The van der Waals surface area contributed by atoms with Crippen LogP contribution in [0.15, 0.2) is 202 Å². The van der Waals surface area contributed by atoms with Gasteiger partial charge in [0, 0.05) is 27.5 Å². The second-order valence-electron chi connectivity index (χ2n) is 14.2. The summed E-state index contributed by atoms with van der Waals surface area (Å²) >= 11 is 0. The van der Waals surface area contributed by atoms with Gasteiger partial charge in [0.1, 0.15) is 22.8 Å². The normalized spacial score (nSPS) is 14.4. The van der Waals surface area contributed by atoms with Crippen LogP contribution in [-0.2, 0) is 0 Å². The van der Waals surface area contributed by atoms with E-state index >= 15 is 0 Å². The third-order valence-electron chi connectivity index (χ3n) is 10.9. The minimum atomic E-state index is -0.436. The molecule has 0 fully saturated rings. The third kappa shape index (κ3) is 5.30. The molecule has 0 aliphatic carbocycles. The molecule has 0 spiro atoms. The summed E-state index contributed by atoms with van der Waals surface area (Å²) in [5.41, 5.74) is 9.43. The molecule has 4 heteroatoms. The van der Waals surface area contributed by atoms with Crippen molar-refractivity contribution in [2.75, 3.05) is 0 Å². The fourth-order valence-electron chi connectivity index (χ4n) is 8.27.